The van der Waals surface area contributed by atoms with E-state index in [1.807, 2.05) is 0 Å². The number of amides is 1. The SMILES string of the molecule is CN(C(=O)c1ccc([N+](=O)[O-])c(O)c1)c1ccccn1. The first-order valence-corrected chi connectivity index (χ1v) is 5.67. The van der Waals surface area contributed by atoms with Gasteiger partial charge in [0.1, 0.15) is 5.82 Å². The van der Waals surface area contributed by atoms with Crippen molar-refractivity contribution >= 4 is 17.4 Å². The Morgan fingerprint density at radius 1 is 1.35 bits per heavy atom. The lowest BCUT2D eigenvalue weighted by atomic mass is 10.1. The lowest BCUT2D eigenvalue weighted by molar-refractivity contribution is -0.385. The number of rotatable bonds is 3. The molecule has 7 heteroatoms. The lowest BCUT2D eigenvalue weighted by Crippen LogP contribution is -2.26. The number of carbonyl (C=O) groups excluding carboxylic acids is 1. The van der Waals surface area contributed by atoms with Crippen LogP contribution in [0, 0.1) is 10.1 Å². The van der Waals surface area contributed by atoms with Crippen LogP contribution in [0.15, 0.2) is 42.6 Å². The summed E-state index contributed by atoms with van der Waals surface area (Å²) in [5, 5.41) is 20.1. The standard InChI is InChI=1S/C13H11N3O4/c1-15(12-4-2-3-7-14-12)13(18)9-5-6-10(16(19)20)11(17)8-9/h2-8,17H,1H3. The van der Waals surface area contributed by atoms with Crippen molar-refractivity contribution in [3.63, 3.8) is 0 Å². The maximum atomic E-state index is 12.2. The summed E-state index contributed by atoms with van der Waals surface area (Å²) in [4.78, 5) is 27.4. The van der Waals surface area contributed by atoms with Gasteiger partial charge in [-0.15, -0.1) is 0 Å². The molecule has 1 aromatic carbocycles. The number of carbonyl (C=O) groups is 1. The summed E-state index contributed by atoms with van der Waals surface area (Å²) >= 11 is 0. The fraction of sp³-hybridized carbons (Fsp3) is 0.0769. The van der Waals surface area contributed by atoms with E-state index in [4.69, 9.17) is 0 Å². The molecular weight excluding hydrogens is 262 g/mol. The van der Waals surface area contributed by atoms with E-state index in [1.54, 1.807) is 24.4 Å². The van der Waals surface area contributed by atoms with Gasteiger partial charge in [-0.2, -0.15) is 0 Å². The molecule has 1 heterocycles. The summed E-state index contributed by atoms with van der Waals surface area (Å²) in [6.45, 7) is 0. The van der Waals surface area contributed by atoms with E-state index in [0.717, 1.165) is 12.1 Å². The summed E-state index contributed by atoms with van der Waals surface area (Å²) in [5.41, 5.74) is -0.303. The van der Waals surface area contributed by atoms with Gasteiger partial charge < -0.3 is 5.11 Å². The van der Waals surface area contributed by atoms with Gasteiger partial charge in [-0.25, -0.2) is 4.98 Å². The first-order chi connectivity index (χ1) is 9.50. The second-order valence-electron chi connectivity index (χ2n) is 4.01. The van der Waals surface area contributed by atoms with Crippen LogP contribution in [0.1, 0.15) is 10.4 Å². The quantitative estimate of drug-likeness (QED) is 0.681. The van der Waals surface area contributed by atoms with Crippen LogP contribution in [-0.4, -0.2) is 28.0 Å². The number of benzene rings is 1. The second kappa shape index (κ2) is 5.35. The third-order valence-corrected chi connectivity index (χ3v) is 2.72. The van der Waals surface area contributed by atoms with Gasteiger partial charge >= 0.3 is 5.69 Å². The number of hydrogen-bond acceptors (Lipinski definition) is 5. The van der Waals surface area contributed by atoms with Crippen molar-refractivity contribution in [2.24, 2.45) is 0 Å². The predicted octanol–water partition coefficient (Wildman–Crippen LogP) is 1.97. The molecule has 1 amide bonds. The Bertz CT molecular complexity index is 658. The highest BCUT2D eigenvalue weighted by atomic mass is 16.6. The van der Waals surface area contributed by atoms with Gasteiger partial charge in [-0.3, -0.25) is 19.8 Å². The Hall–Kier alpha value is -2.96. The zero-order chi connectivity index (χ0) is 14.7. The third-order valence-electron chi connectivity index (χ3n) is 2.72. The van der Waals surface area contributed by atoms with Crippen molar-refractivity contribution in [1.29, 1.82) is 0 Å². The number of nitro groups is 1. The van der Waals surface area contributed by atoms with Crippen LogP contribution in [0.3, 0.4) is 0 Å². The normalized spacial score (nSPS) is 10.1. The van der Waals surface area contributed by atoms with E-state index in [2.05, 4.69) is 4.98 Å². The molecule has 0 aliphatic carbocycles. The molecule has 2 aromatic rings. The van der Waals surface area contributed by atoms with Gasteiger partial charge in [-0.05, 0) is 24.3 Å². The number of phenols is 1. The Kier molecular flexibility index (Phi) is 3.60. The van der Waals surface area contributed by atoms with Crippen LogP contribution >= 0.6 is 0 Å². The topological polar surface area (TPSA) is 96.6 Å². The van der Waals surface area contributed by atoms with Gasteiger partial charge in [0.25, 0.3) is 5.91 Å². The predicted molar refractivity (Wildman–Crippen MR) is 71.7 cm³/mol. The Balaban J connectivity index is 2.30. The van der Waals surface area contributed by atoms with E-state index < -0.39 is 22.3 Å². The van der Waals surface area contributed by atoms with Crippen molar-refractivity contribution in [3.05, 3.63) is 58.3 Å². The average Bonchev–Trinajstić information content (AvgIpc) is 2.46. The molecule has 1 aromatic heterocycles. The summed E-state index contributed by atoms with van der Waals surface area (Å²) in [6, 6.07) is 8.57. The molecular formula is C13H11N3O4. The highest BCUT2D eigenvalue weighted by Crippen LogP contribution is 2.27. The molecule has 0 atom stereocenters. The molecule has 0 bridgehead atoms. The number of aromatic hydroxyl groups is 1. The fourth-order valence-electron chi connectivity index (χ4n) is 1.66. The monoisotopic (exact) mass is 273 g/mol. The minimum Gasteiger partial charge on any atom is -0.502 e. The van der Waals surface area contributed by atoms with Gasteiger partial charge in [0.2, 0.25) is 0 Å². The van der Waals surface area contributed by atoms with Gasteiger partial charge in [0, 0.05) is 24.9 Å². The van der Waals surface area contributed by atoms with E-state index >= 15 is 0 Å². The van der Waals surface area contributed by atoms with Crippen molar-refractivity contribution in [3.8, 4) is 5.75 Å². The van der Waals surface area contributed by atoms with Crippen molar-refractivity contribution in [2.45, 2.75) is 0 Å². The number of aromatic nitrogens is 1. The van der Waals surface area contributed by atoms with Gasteiger partial charge in [0.15, 0.2) is 5.75 Å². The van der Waals surface area contributed by atoms with Crippen LogP contribution in [-0.2, 0) is 0 Å². The number of nitrogens with zero attached hydrogens (tertiary/aromatic N) is 3. The van der Waals surface area contributed by atoms with Crippen molar-refractivity contribution in [1.82, 2.24) is 4.98 Å². The van der Waals surface area contributed by atoms with Crippen LogP contribution in [0.4, 0.5) is 11.5 Å². The van der Waals surface area contributed by atoms with E-state index in [9.17, 15) is 20.0 Å². The molecule has 20 heavy (non-hydrogen) atoms. The molecule has 2 rings (SSSR count). The smallest absolute Gasteiger partial charge is 0.310 e. The minimum atomic E-state index is -0.716. The highest BCUT2D eigenvalue weighted by Gasteiger charge is 2.19. The van der Waals surface area contributed by atoms with Crippen LogP contribution in [0.25, 0.3) is 0 Å². The molecule has 0 aliphatic heterocycles. The number of phenolic OH excluding ortho intramolecular Hbond substituents is 1. The minimum absolute atomic E-state index is 0.140. The number of anilines is 1. The zero-order valence-electron chi connectivity index (χ0n) is 10.6. The molecule has 0 saturated carbocycles. The second-order valence-corrected chi connectivity index (χ2v) is 4.01. The summed E-state index contributed by atoms with van der Waals surface area (Å²) < 4.78 is 0. The Morgan fingerprint density at radius 2 is 2.10 bits per heavy atom. The van der Waals surface area contributed by atoms with Crippen molar-refractivity contribution in [2.75, 3.05) is 11.9 Å². The number of pyridine rings is 1. The van der Waals surface area contributed by atoms with E-state index in [0.29, 0.717) is 5.82 Å². The number of nitro benzene ring substituents is 1. The maximum absolute atomic E-state index is 12.2. The summed E-state index contributed by atoms with van der Waals surface area (Å²) in [7, 11) is 1.53. The molecule has 0 aliphatic rings. The van der Waals surface area contributed by atoms with Gasteiger partial charge in [-0.1, -0.05) is 6.07 Å². The largest absolute Gasteiger partial charge is 0.502 e. The molecule has 0 spiro atoms. The van der Waals surface area contributed by atoms with Crippen LogP contribution < -0.4 is 4.90 Å². The van der Waals surface area contributed by atoms with Crippen LogP contribution in [0.5, 0.6) is 5.75 Å². The first-order valence-electron chi connectivity index (χ1n) is 5.67. The highest BCUT2D eigenvalue weighted by molar-refractivity contribution is 6.05. The van der Waals surface area contributed by atoms with E-state index in [1.165, 1.54) is 18.0 Å². The zero-order valence-corrected chi connectivity index (χ0v) is 10.6. The molecule has 0 fully saturated rings. The number of hydrogen-bond donors (Lipinski definition) is 1. The van der Waals surface area contributed by atoms with Gasteiger partial charge in [0.05, 0.1) is 4.92 Å². The molecule has 0 saturated heterocycles. The Morgan fingerprint density at radius 3 is 2.65 bits per heavy atom. The molecule has 102 valence electrons. The summed E-state index contributed by atoms with van der Waals surface area (Å²) in [5.74, 6) is -0.528. The first kappa shape index (κ1) is 13.5. The molecule has 0 unspecified atom stereocenters. The van der Waals surface area contributed by atoms with Crippen molar-refractivity contribution < 1.29 is 14.8 Å². The molecule has 1 N–H and O–H groups in total. The molecule has 0 radical (unpaired) electrons. The lowest BCUT2D eigenvalue weighted by Gasteiger charge is -2.15. The average molecular weight is 273 g/mol. The summed E-state index contributed by atoms with van der Waals surface area (Å²) in [6.07, 6.45) is 1.55. The molecule has 7 nitrogen and oxygen atoms in total. The van der Waals surface area contributed by atoms with Crippen LogP contribution in [0.2, 0.25) is 0 Å². The fourth-order valence-corrected chi connectivity index (χ4v) is 1.66. The third kappa shape index (κ3) is 2.56. The Labute approximate surface area is 114 Å². The van der Waals surface area contributed by atoms with E-state index in [-0.39, 0.29) is 5.56 Å². The maximum Gasteiger partial charge on any atom is 0.310 e.